The Morgan fingerprint density at radius 1 is 1.21 bits per heavy atom. The van der Waals surface area contributed by atoms with Crippen molar-refractivity contribution in [1.29, 1.82) is 0 Å². The molecule has 0 saturated heterocycles. The average molecular weight is 390 g/mol. The van der Waals surface area contributed by atoms with Gasteiger partial charge in [0, 0.05) is 5.69 Å². The smallest absolute Gasteiger partial charge is 0.259 e. The monoisotopic (exact) mass is 389 g/mol. The van der Waals surface area contributed by atoms with Crippen molar-refractivity contribution in [2.45, 2.75) is 13.8 Å². The van der Waals surface area contributed by atoms with Crippen LogP contribution in [0.1, 0.15) is 18.1 Å². The first-order chi connectivity index (χ1) is 11.5. The number of halogens is 1. The Labute approximate surface area is 150 Å². The summed E-state index contributed by atoms with van der Waals surface area (Å²) >= 11 is 3.43. The van der Waals surface area contributed by atoms with Crippen LogP contribution in [0.5, 0.6) is 5.75 Å². The van der Waals surface area contributed by atoms with Gasteiger partial charge in [0.15, 0.2) is 0 Å². The van der Waals surface area contributed by atoms with Crippen LogP contribution in [0, 0.1) is 6.92 Å². The fourth-order valence-corrected chi connectivity index (χ4v) is 2.54. The maximum atomic E-state index is 11.9. The Kier molecular flexibility index (Phi) is 6.37. The lowest BCUT2D eigenvalue weighted by Gasteiger charge is -2.08. The van der Waals surface area contributed by atoms with Gasteiger partial charge in [-0.15, -0.1) is 0 Å². The zero-order valence-corrected chi connectivity index (χ0v) is 15.5. The first-order valence-corrected chi connectivity index (χ1v) is 8.26. The largest absolute Gasteiger partial charge is 0.496 e. The van der Waals surface area contributed by atoms with Crippen molar-refractivity contribution in [3.05, 3.63) is 58.1 Å². The minimum atomic E-state index is -0.206. The number of nitrogens with zero attached hydrogens (tertiary/aromatic N) is 1. The van der Waals surface area contributed by atoms with E-state index in [9.17, 15) is 4.79 Å². The fraction of sp³-hybridized carbons (Fsp3) is 0.222. The molecule has 0 aliphatic carbocycles. The van der Waals surface area contributed by atoms with E-state index < -0.39 is 0 Å². The summed E-state index contributed by atoms with van der Waals surface area (Å²) in [5.74, 6) is 0.542. The van der Waals surface area contributed by atoms with Crippen LogP contribution in [0.2, 0.25) is 0 Å². The number of hydrazone groups is 1. The van der Waals surface area contributed by atoms with E-state index in [4.69, 9.17) is 4.74 Å². The van der Waals surface area contributed by atoms with Crippen molar-refractivity contribution < 1.29 is 9.53 Å². The maximum absolute atomic E-state index is 11.9. The fourth-order valence-electron chi connectivity index (χ4n) is 2.00. The van der Waals surface area contributed by atoms with Gasteiger partial charge in [-0.2, -0.15) is 5.10 Å². The standard InChI is InChI=1S/C18H20BrN3O2/c1-12-4-7-15(8-5-12)20-11-18(23)22-21-13(2)14-6-9-17(24-3)16(19)10-14/h4-10,20H,11H2,1-3H3,(H,22,23)/b21-13-. The minimum Gasteiger partial charge on any atom is -0.496 e. The molecule has 0 unspecified atom stereocenters. The van der Waals surface area contributed by atoms with Crippen molar-refractivity contribution in [3.8, 4) is 5.75 Å². The van der Waals surface area contributed by atoms with Gasteiger partial charge in [-0.3, -0.25) is 4.79 Å². The van der Waals surface area contributed by atoms with Crippen LogP contribution < -0.4 is 15.5 Å². The van der Waals surface area contributed by atoms with Gasteiger partial charge in [0.1, 0.15) is 5.75 Å². The number of nitrogens with one attached hydrogen (secondary N) is 2. The molecule has 0 bridgehead atoms. The maximum Gasteiger partial charge on any atom is 0.259 e. The molecule has 24 heavy (non-hydrogen) atoms. The van der Waals surface area contributed by atoms with Crippen molar-refractivity contribution in [2.75, 3.05) is 19.0 Å². The van der Waals surface area contributed by atoms with Gasteiger partial charge in [0.25, 0.3) is 5.91 Å². The number of amides is 1. The number of hydrogen-bond donors (Lipinski definition) is 2. The third-order valence-corrected chi connectivity index (χ3v) is 4.04. The molecule has 2 N–H and O–H groups in total. The van der Waals surface area contributed by atoms with Crippen LogP contribution in [-0.4, -0.2) is 25.3 Å². The predicted molar refractivity (Wildman–Crippen MR) is 101 cm³/mol. The van der Waals surface area contributed by atoms with E-state index in [1.807, 2.05) is 56.3 Å². The summed E-state index contributed by atoms with van der Waals surface area (Å²) in [7, 11) is 1.61. The van der Waals surface area contributed by atoms with Gasteiger partial charge >= 0.3 is 0 Å². The van der Waals surface area contributed by atoms with Crippen molar-refractivity contribution in [3.63, 3.8) is 0 Å². The molecule has 0 heterocycles. The number of aryl methyl sites for hydroxylation is 1. The summed E-state index contributed by atoms with van der Waals surface area (Å²) in [4.78, 5) is 11.9. The van der Waals surface area contributed by atoms with Crippen LogP contribution in [0.15, 0.2) is 52.0 Å². The molecule has 0 aliphatic rings. The molecule has 0 fully saturated rings. The van der Waals surface area contributed by atoms with Gasteiger partial charge in [0.05, 0.1) is 23.8 Å². The van der Waals surface area contributed by atoms with Gasteiger partial charge in [-0.25, -0.2) is 5.43 Å². The molecule has 1 amide bonds. The predicted octanol–water partition coefficient (Wildman–Crippen LogP) is 3.72. The first kappa shape index (κ1) is 18.0. The Morgan fingerprint density at radius 3 is 2.54 bits per heavy atom. The SMILES string of the molecule is COc1ccc(/C(C)=N\NC(=O)CNc2ccc(C)cc2)cc1Br. The summed E-state index contributed by atoms with van der Waals surface area (Å²) in [5.41, 5.74) is 6.23. The molecule has 126 valence electrons. The normalized spacial score (nSPS) is 11.1. The number of carbonyl (C=O) groups is 1. The molecule has 0 radical (unpaired) electrons. The molecule has 5 nitrogen and oxygen atoms in total. The highest BCUT2D eigenvalue weighted by molar-refractivity contribution is 9.10. The number of methoxy groups -OCH3 is 1. The van der Waals surface area contributed by atoms with Crippen LogP contribution in [0.3, 0.4) is 0 Å². The second-order valence-corrected chi connectivity index (χ2v) is 6.16. The summed E-state index contributed by atoms with van der Waals surface area (Å²) in [6.45, 7) is 4.01. The summed E-state index contributed by atoms with van der Waals surface area (Å²) < 4.78 is 6.03. The van der Waals surface area contributed by atoms with Crippen LogP contribution >= 0.6 is 15.9 Å². The molecule has 2 aromatic carbocycles. The van der Waals surface area contributed by atoms with Crippen molar-refractivity contribution >= 4 is 33.2 Å². The molecule has 0 aliphatic heterocycles. The Morgan fingerprint density at radius 2 is 1.92 bits per heavy atom. The summed E-state index contributed by atoms with van der Waals surface area (Å²) in [5, 5.41) is 7.19. The zero-order valence-electron chi connectivity index (χ0n) is 13.9. The second kappa shape index (κ2) is 8.49. The summed E-state index contributed by atoms with van der Waals surface area (Å²) in [6.07, 6.45) is 0. The molecule has 0 atom stereocenters. The second-order valence-electron chi connectivity index (χ2n) is 5.30. The van der Waals surface area contributed by atoms with E-state index in [2.05, 4.69) is 31.8 Å². The average Bonchev–Trinajstić information content (AvgIpc) is 2.59. The van der Waals surface area contributed by atoms with E-state index in [1.54, 1.807) is 7.11 Å². The molecule has 0 aromatic heterocycles. The molecule has 2 aromatic rings. The molecule has 2 rings (SSSR count). The lowest BCUT2D eigenvalue weighted by Crippen LogP contribution is -2.26. The minimum absolute atomic E-state index is 0.159. The van der Waals surface area contributed by atoms with Crippen LogP contribution in [0.4, 0.5) is 5.69 Å². The third-order valence-electron chi connectivity index (χ3n) is 3.42. The number of benzene rings is 2. The zero-order chi connectivity index (χ0) is 17.5. The van der Waals surface area contributed by atoms with E-state index in [1.165, 1.54) is 5.56 Å². The highest BCUT2D eigenvalue weighted by Gasteiger charge is 2.05. The lowest BCUT2D eigenvalue weighted by atomic mass is 10.1. The number of rotatable bonds is 6. The van der Waals surface area contributed by atoms with E-state index in [0.29, 0.717) is 5.71 Å². The highest BCUT2D eigenvalue weighted by Crippen LogP contribution is 2.25. The van der Waals surface area contributed by atoms with Gasteiger partial charge in [-0.05, 0) is 65.7 Å². The number of carbonyl (C=O) groups excluding carboxylic acids is 1. The Bertz CT molecular complexity index is 742. The van der Waals surface area contributed by atoms with E-state index in [-0.39, 0.29) is 12.5 Å². The van der Waals surface area contributed by atoms with E-state index >= 15 is 0 Å². The molecule has 0 saturated carbocycles. The first-order valence-electron chi connectivity index (χ1n) is 7.47. The molecular formula is C18H20BrN3O2. The lowest BCUT2D eigenvalue weighted by molar-refractivity contribution is -0.119. The number of anilines is 1. The Hall–Kier alpha value is -2.34. The highest BCUT2D eigenvalue weighted by atomic mass is 79.9. The molecular weight excluding hydrogens is 370 g/mol. The summed E-state index contributed by atoms with van der Waals surface area (Å²) in [6, 6.07) is 13.5. The number of ether oxygens (including phenoxy) is 1. The van der Waals surface area contributed by atoms with Gasteiger partial charge in [-0.1, -0.05) is 17.7 Å². The van der Waals surface area contributed by atoms with Gasteiger partial charge in [0.2, 0.25) is 0 Å². The van der Waals surface area contributed by atoms with Crippen molar-refractivity contribution in [2.24, 2.45) is 5.10 Å². The number of hydrogen-bond acceptors (Lipinski definition) is 4. The van der Waals surface area contributed by atoms with Crippen molar-refractivity contribution in [1.82, 2.24) is 5.43 Å². The quantitative estimate of drug-likeness (QED) is 0.584. The Balaban J connectivity index is 1.90. The van der Waals surface area contributed by atoms with Crippen LogP contribution in [-0.2, 0) is 4.79 Å². The third kappa shape index (κ3) is 5.09. The van der Waals surface area contributed by atoms with Crippen LogP contribution in [0.25, 0.3) is 0 Å². The molecule has 0 spiro atoms. The molecule has 6 heteroatoms. The topological polar surface area (TPSA) is 62.7 Å². The van der Waals surface area contributed by atoms with Gasteiger partial charge < -0.3 is 10.1 Å². The van der Waals surface area contributed by atoms with E-state index in [0.717, 1.165) is 21.5 Å².